The Balaban J connectivity index is 1.06. The van der Waals surface area contributed by atoms with Gasteiger partial charge in [0, 0.05) is 42.6 Å². The molecule has 42 heavy (non-hydrogen) atoms. The van der Waals surface area contributed by atoms with Gasteiger partial charge in [-0.05, 0) is 59.5 Å². The van der Waals surface area contributed by atoms with Crippen molar-refractivity contribution in [1.82, 2.24) is 14.5 Å². The van der Waals surface area contributed by atoms with E-state index in [2.05, 4.69) is 40.2 Å². The van der Waals surface area contributed by atoms with Crippen LogP contribution in [0.1, 0.15) is 22.3 Å². The van der Waals surface area contributed by atoms with Gasteiger partial charge in [0.05, 0.1) is 31.6 Å². The fourth-order valence-corrected chi connectivity index (χ4v) is 6.03. The van der Waals surface area contributed by atoms with Crippen LogP contribution in [0, 0.1) is 0 Å². The maximum atomic E-state index is 6.59. The molecular weight excluding hydrogens is 573 g/mol. The van der Waals surface area contributed by atoms with Gasteiger partial charge in [0.15, 0.2) is 0 Å². The van der Waals surface area contributed by atoms with Gasteiger partial charge in [-0.3, -0.25) is 4.90 Å². The summed E-state index contributed by atoms with van der Waals surface area (Å²) >= 11 is 12.8. The van der Waals surface area contributed by atoms with Crippen molar-refractivity contribution in [2.45, 2.75) is 31.4 Å². The minimum Gasteiger partial charge on any atom is -0.497 e. The van der Waals surface area contributed by atoms with Crippen LogP contribution in [0.5, 0.6) is 11.5 Å². The summed E-state index contributed by atoms with van der Waals surface area (Å²) in [6.07, 6.45) is 10.4. The fourth-order valence-electron chi connectivity index (χ4n) is 5.48. The highest BCUT2D eigenvalue weighted by Crippen LogP contribution is 2.40. The second-order valence-electron chi connectivity index (χ2n) is 10.6. The van der Waals surface area contributed by atoms with Crippen LogP contribution in [-0.4, -0.2) is 54.0 Å². The van der Waals surface area contributed by atoms with Gasteiger partial charge in [0.25, 0.3) is 0 Å². The zero-order chi connectivity index (χ0) is 28.9. The van der Waals surface area contributed by atoms with Crippen LogP contribution in [0.3, 0.4) is 0 Å². The standard InChI is InChI=1S/C33H33Cl2N3O4/c1-39-28-6-2-4-24(16-28)5-3-13-37-14-11-25-17-29(9-7-26(25)19-37)40-20-30-21-41-33(42-30,22-38-15-12-36-23-38)31-10-8-27(34)18-32(31)35/h2-10,12,15-18,23,30H,11,13-14,19-22H2,1H3/t30-,33-/m0/s1. The summed E-state index contributed by atoms with van der Waals surface area (Å²) in [4.78, 5) is 6.61. The second-order valence-corrected chi connectivity index (χ2v) is 11.4. The summed E-state index contributed by atoms with van der Waals surface area (Å²) in [5.41, 5.74) is 4.52. The molecule has 218 valence electrons. The Labute approximate surface area is 256 Å². The first-order valence-corrected chi connectivity index (χ1v) is 14.8. The van der Waals surface area contributed by atoms with Crippen molar-refractivity contribution < 1.29 is 18.9 Å². The van der Waals surface area contributed by atoms with Crippen LogP contribution >= 0.6 is 23.2 Å². The van der Waals surface area contributed by atoms with Crippen molar-refractivity contribution in [3.8, 4) is 11.5 Å². The largest absolute Gasteiger partial charge is 0.497 e. The summed E-state index contributed by atoms with van der Waals surface area (Å²) in [7, 11) is 1.69. The van der Waals surface area contributed by atoms with Crippen molar-refractivity contribution in [2.75, 3.05) is 33.4 Å². The van der Waals surface area contributed by atoms with Crippen LogP contribution in [0.4, 0.5) is 0 Å². The van der Waals surface area contributed by atoms with Crippen LogP contribution in [0.2, 0.25) is 10.0 Å². The van der Waals surface area contributed by atoms with Crippen LogP contribution in [0.15, 0.2) is 85.5 Å². The number of ether oxygens (including phenoxy) is 4. The maximum Gasteiger partial charge on any atom is 0.215 e. The first-order chi connectivity index (χ1) is 20.5. The Morgan fingerprint density at radius 2 is 2.00 bits per heavy atom. The van der Waals surface area contributed by atoms with Crippen molar-refractivity contribution in [1.29, 1.82) is 0 Å². The smallest absolute Gasteiger partial charge is 0.215 e. The summed E-state index contributed by atoms with van der Waals surface area (Å²) in [6.45, 7) is 3.93. The first-order valence-electron chi connectivity index (χ1n) is 14.0. The van der Waals surface area contributed by atoms with E-state index in [0.717, 1.165) is 48.7 Å². The molecule has 9 heteroatoms. The molecule has 2 aliphatic rings. The van der Waals surface area contributed by atoms with E-state index in [1.54, 1.807) is 31.8 Å². The number of imidazole rings is 1. The van der Waals surface area contributed by atoms with Crippen LogP contribution in [-0.2, 0) is 34.8 Å². The second kappa shape index (κ2) is 12.9. The lowest BCUT2D eigenvalue weighted by Crippen LogP contribution is -2.34. The molecule has 0 spiro atoms. The normalized spacial score (nSPS) is 20.6. The molecule has 1 saturated heterocycles. The molecule has 0 bridgehead atoms. The summed E-state index contributed by atoms with van der Waals surface area (Å²) in [5.74, 6) is 0.630. The van der Waals surface area contributed by atoms with Crippen molar-refractivity contribution in [2.24, 2.45) is 0 Å². The Kier molecular flexibility index (Phi) is 8.84. The summed E-state index contributed by atoms with van der Waals surface area (Å²) in [6, 6.07) is 19.8. The molecular formula is C33H33Cl2N3O4. The van der Waals surface area contributed by atoms with Gasteiger partial charge in [0.1, 0.15) is 24.2 Å². The van der Waals surface area contributed by atoms with Crippen LogP contribution in [0.25, 0.3) is 6.08 Å². The number of nitrogens with zero attached hydrogens (tertiary/aromatic N) is 3. The third-order valence-electron chi connectivity index (χ3n) is 7.62. The van der Waals surface area contributed by atoms with Crippen molar-refractivity contribution in [3.05, 3.63) is 118 Å². The molecule has 7 nitrogen and oxygen atoms in total. The lowest BCUT2D eigenvalue weighted by atomic mass is 9.99. The molecule has 3 heterocycles. The van der Waals surface area contributed by atoms with Crippen molar-refractivity contribution in [3.63, 3.8) is 0 Å². The van der Waals surface area contributed by atoms with E-state index in [1.165, 1.54) is 11.1 Å². The lowest BCUT2D eigenvalue weighted by Gasteiger charge is -2.30. The average molecular weight is 607 g/mol. The first kappa shape index (κ1) is 28.8. The van der Waals surface area contributed by atoms with Gasteiger partial charge in [-0.1, -0.05) is 59.6 Å². The number of fused-ring (bicyclic) bond motifs is 1. The molecule has 0 aliphatic carbocycles. The highest BCUT2D eigenvalue weighted by atomic mass is 35.5. The number of methoxy groups -OCH3 is 1. The Morgan fingerprint density at radius 3 is 2.83 bits per heavy atom. The van der Waals surface area contributed by atoms with Gasteiger partial charge < -0.3 is 23.5 Å². The number of hydrogen-bond acceptors (Lipinski definition) is 6. The van der Waals surface area contributed by atoms with Gasteiger partial charge in [0.2, 0.25) is 5.79 Å². The SMILES string of the molecule is COc1cccc(C=CCN2CCc3cc(OC[C@H]4CO[C@](Cn5ccnc5)(c5ccc(Cl)cc5Cl)O4)ccc3C2)c1. The maximum absolute atomic E-state index is 6.59. The number of hydrogen-bond donors (Lipinski definition) is 0. The van der Waals surface area contributed by atoms with E-state index in [-0.39, 0.29) is 6.10 Å². The van der Waals surface area contributed by atoms with E-state index in [9.17, 15) is 0 Å². The molecule has 2 aliphatic heterocycles. The molecule has 0 amide bonds. The Hall–Kier alpha value is -3.33. The quantitative estimate of drug-likeness (QED) is 0.202. The van der Waals surface area contributed by atoms with E-state index in [0.29, 0.717) is 29.8 Å². The van der Waals surface area contributed by atoms with E-state index >= 15 is 0 Å². The highest BCUT2D eigenvalue weighted by Gasteiger charge is 2.45. The summed E-state index contributed by atoms with van der Waals surface area (Å²) in [5, 5.41) is 1.04. The minimum atomic E-state index is -1.07. The molecule has 1 fully saturated rings. The van der Waals surface area contributed by atoms with Gasteiger partial charge in [-0.25, -0.2) is 4.98 Å². The summed E-state index contributed by atoms with van der Waals surface area (Å²) < 4.78 is 26.3. The third-order valence-corrected chi connectivity index (χ3v) is 8.17. The minimum absolute atomic E-state index is 0.275. The molecule has 0 radical (unpaired) electrons. The topological polar surface area (TPSA) is 58.0 Å². The van der Waals surface area contributed by atoms with Crippen LogP contribution < -0.4 is 9.47 Å². The molecule has 1 aromatic heterocycles. The van der Waals surface area contributed by atoms with E-state index < -0.39 is 5.79 Å². The number of aromatic nitrogens is 2. The van der Waals surface area contributed by atoms with Gasteiger partial charge in [-0.2, -0.15) is 0 Å². The molecule has 0 saturated carbocycles. The highest BCUT2D eigenvalue weighted by molar-refractivity contribution is 6.35. The molecule has 4 aromatic rings. The number of halogens is 2. The predicted octanol–water partition coefficient (Wildman–Crippen LogP) is 6.62. The van der Waals surface area contributed by atoms with E-state index in [4.69, 9.17) is 42.1 Å². The van der Waals surface area contributed by atoms with Gasteiger partial charge in [-0.15, -0.1) is 0 Å². The zero-order valence-electron chi connectivity index (χ0n) is 23.4. The third kappa shape index (κ3) is 6.66. The fraction of sp³-hybridized carbons (Fsp3) is 0.303. The molecule has 2 atom stereocenters. The monoisotopic (exact) mass is 605 g/mol. The lowest BCUT2D eigenvalue weighted by molar-refractivity contribution is -0.189. The Morgan fingerprint density at radius 1 is 1.07 bits per heavy atom. The molecule has 6 rings (SSSR count). The molecule has 0 unspecified atom stereocenters. The van der Waals surface area contributed by atoms with Gasteiger partial charge >= 0.3 is 0 Å². The zero-order valence-corrected chi connectivity index (χ0v) is 24.9. The number of rotatable bonds is 10. The van der Waals surface area contributed by atoms with E-state index in [1.807, 2.05) is 41.1 Å². The predicted molar refractivity (Wildman–Crippen MR) is 164 cm³/mol. The average Bonchev–Trinajstić information content (AvgIpc) is 3.66. The molecule has 3 aromatic carbocycles. The van der Waals surface area contributed by atoms with Crippen molar-refractivity contribution >= 4 is 29.3 Å². The Bertz CT molecular complexity index is 1540. The molecule has 0 N–H and O–H groups in total. The number of benzene rings is 3.